The van der Waals surface area contributed by atoms with E-state index in [9.17, 15) is 14.9 Å². The molecular weight excluding hydrogens is 312 g/mol. The van der Waals surface area contributed by atoms with Gasteiger partial charge in [0.25, 0.3) is 0 Å². The highest BCUT2D eigenvalue weighted by Crippen LogP contribution is 2.36. The minimum Gasteiger partial charge on any atom is -0.481 e. The molecule has 0 aromatic heterocycles. The van der Waals surface area contributed by atoms with E-state index in [1.165, 1.54) is 36.4 Å². The van der Waals surface area contributed by atoms with Gasteiger partial charge >= 0.3 is 11.7 Å². The SMILES string of the molecule is Nc1ccc(Oc2ccc(CC(=O)O)cc2Cl)c([N+](=O)[O-])c1. The fourth-order valence-electron chi connectivity index (χ4n) is 1.79. The number of rotatable bonds is 5. The third-order valence-electron chi connectivity index (χ3n) is 2.75. The largest absolute Gasteiger partial charge is 0.481 e. The molecular formula is C14H11ClN2O5. The zero-order chi connectivity index (χ0) is 16.3. The van der Waals surface area contributed by atoms with Gasteiger partial charge in [-0.2, -0.15) is 0 Å². The molecule has 0 fully saturated rings. The van der Waals surface area contributed by atoms with Gasteiger partial charge in [-0.25, -0.2) is 0 Å². The monoisotopic (exact) mass is 322 g/mol. The van der Waals surface area contributed by atoms with Crippen LogP contribution in [-0.2, 0) is 11.2 Å². The first-order valence-electron chi connectivity index (χ1n) is 6.09. The van der Waals surface area contributed by atoms with Crippen molar-refractivity contribution in [1.29, 1.82) is 0 Å². The Bertz CT molecular complexity index is 748. The summed E-state index contributed by atoms with van der Waals surface area (Å²) in [6.45, 7) is 0. The van der Waals surface area contributed by atoms with E-state index in [-0.39, 0.29) is 34.3 Å². The highest BCUT2D eigenvalue weighted by atomic mass is 35.5. The van der Waals surface area contributed by atoms with Crippen molar-refractivity contribution in [3.63, 3.8) is 0 Å². The number of ether oxygens (including phenoxy) is 1. The number of nitro groups is 1. The lowest BCUT2D eigenvalue weighted by Crippen LogP contribution is -2.00. The fourth-order valence-corrected chi connectivity index (χ4v) is 2.04. The smallest absolute Gasteiger partial charge is 0.313 e. The molecule has 0 atom stereocenters. The average Bonchev–Trinajstić information content (AvgIpc) is 2.42. The number of nitrogens with zero attached hydrogens (tertiary/aromatic N) is 1. The molecule has 0 amide bonds. The van der Waals surface area contributed by atoms with Crippen LogP contribution in [0.3, 0.4) is 0 Å². The molecule has 114 valence electrons. The molecule has 22 heavy (non-hydrogen) atoms. The topological polar surface area (TPSA) is 116 Å². The van der Waals surface area contributed by atoms with Crippen LogP contribution in [0.4, 0.5) is 11.4 Å². The number of aliphatic carboxylic acids is 1. The zero-order valence-corrected chi connectivity index (χ0v) is 11.9. The molecule has 0 unspecified atom stereocenters. The second kappa shape index (κ2) is 6.31. The van der Waals surface area contributed by atoms with Gasteiger partial charge in [0.05, 0.1) is 16.4 Å². The van der Waals surface area contributed by atoms with Crippen LogP contribution in [0, 0.1) is 10.1 Å². The number of halogens is 1. The Balaban J connectivity index is 2.31. The number of hydrogen-bond donors (Lipinski definition) is 2. The molecule has 0 radical (unpaired) electrons. The number of hydrogen-bond acceptors (Lipinski definition) is 5. The Labute approximate surface area is 130 Å². The third kappa shape index (κ3) is 3.64. The van der Waals surface area contributed by atoms with E-state index in [2.05, 4.69) is 0 Å². The highest BCUT2D eigenvalue weighted by molar-refractivity contribution is 6.32. The van der Waals surface area contributed by atoms with Crippen LogP contribution in [0.25, 0.3) is 0 Å². The van der Waals surface area contributed by atoms with E-state index in [0.29, 0.717) is 5.56 Å². The van der Waals surface area contributed by atoms with Crippen molar-refractivity contribution < 1.29 is 19.6 Å². The molecule has 7 nitrogen and oxygen atoms in total. The molecule has 2 aromatic carbocycles. The quantitative estimate of drug-likeness (QED) is 0.496. The van der Waals surface area contributed by atoms with Crippen LogP contribution in [0.15, 0.2) is 36.4 Å². The van der Waals surface area contributed by atoms with Crippen molar-refractivity contribution in [3.8, 4) is 11.5 Å². The highest BCUT2D eigenvalue weighted by Gasteiger charge is 2.17. The Morgan fingerprint density at radius 1 is 1.27 bits per heavy atom. The Hall–Kier alpha value is -2.80. The number of carboxylic acids is 1. The van der Waals surface area contributed by atoms with Crippen LogP contribution < -0.4 is 10.5 Å². The minimum atomic E-state index is -0.987. The summed E-state index contributed by atoms with van der Waals surface area (Å²) < 4.78 is 5.44. The van der Waals surface area contributed by atoms with Crippen molar-refractivity contribution in [2.45, 2.75) is 6.42 Å². The Morgan fingerprint density at radius 2 is 1.95 bits per heavy atom. The van der Waals surface area contributed by atoms with Gasteiger partial charge < -0.3 is 15.6 Å². The minimum absolute atomic E-state index is 0.00733. The maximum absolute atomic E-state index is 11.0. The molecule has 0 saturated carbocycles. The molecule has 0 bridgehead atoms. The van der Waals surface area contributed by atoms with E-state index >= 15 is 0 Å². The standard InChI is InChI=1S/C14H11ClN2O5/c15-10-5-8(6-14(18)19)1-3-12(10)22-13-4-2-9(16)7-11(13)17(20)21/h1-5,7H,6,16H2,(H,18,19). The molecule has 2 aromatic rings. The van der Waals surface area contributed by atoms with Gasteiger partial charge in [0, 0.05) is 11.8 Å². The molecule has 8 heteroatoms. The van der Waals surface area contributed by atoms with E-state index in [1.807, 2.05) is 0 Å². The van der Waals surface area contributed by atoms with Gasteiger partial charge in [-0.1, -0.05) is 17.7 Å². The second-order valence-electron chi connectivity index (χ2n) is 4.42. The Morgan fingerprint density at radius 3 is 2.55 bits per heavy atom. The van der Waals surface area contributed by atoms with E-state index in [0.717, 1.165) is 0 Å². The van der Waals surface area contributed by atoms with E-state index in [4.69, 9.17) is 27.2 Å². The first kappa shape index (κ1) is 15.6. The predicted molar refractivity (Wildman–Crippen MR) is 80.4 cm³/mol. The van der Waals surface area contributed by atoms with E-state index in [1.54, 1.807) is 0 Å². The molecule has 2 rings (SSSR count). The summed E-state index contributed by atoms with van der Waals surface area (Å²) in [4.78, 5) is 21.0. The summed E-state index contributed by atoms with van der Waals surface area (Å²) in [5.74, 6) is -0.810. The summed E-state index contributed by atoms with van der Waals surface area (Å²) in [6, 6.07) is 8.44. The Kier molecular flexibility index (Phi) is 4.47. The second-order valence-corrected chi connectivity index (χ2v) is 4.83. The molecule has 0 saturated heterocycles. The van der Waals surface area contributed by atoms with Crippen molar-refractivity contribution in [1.82, 2.24) is 0 Å². The summed E-state index contributed by atoms with van der Waals surface area (Å²) in [7, 11) is 0. The van der Waals surface area contributed by atoms with Gasteiger partial charge in [0.15, 0.2) is 0 Å². The summed E-state index contributed by atoms with van der Waals surface area (Å²) in [5.41, 5.74) is 5.96. The number of carbonyl (C=O) groups is 1. The van der Waals surface area contributed by atoms with Gasteiger partial charge in [-0.05, 0) is 29.8 Å². The van der Waals surface area contributed by atoms with Gasteiger partial charge in [-0.3, -0.25) is 14.9 Å². The summed E-state index contributed by atoms with van der Waals surface area (Å²) in [6.07, 6.45) is -0.179. The normalized spacial score (nSPS) is 10.2. The van der Waals surface area contributed by atoms with Crippen molar-refractivity contribution in [3.05, 3.63) is 57.1 Å². The molecule has 0 heterocycles. The predicted octanol–water partition coefficient (Wildman–Crippen LogP) is 3.25. The molecule has 0 aliphatic rings. The summed E-state index contributed by atoms with van der Waals surface area (Å²) in [5, 5.41) is 19.9. The number of carboxylic acid groups (broad SMARTS) is 1. The lowest BCUT2D eigenvalue weighted by atomic mass is 10.1. The summed E-state index contributed by atoms with van der Waals surface area (Å²) >= 11 is 6.01. The fraction of sp³-hybridized carbons (Fsp3) is 0.0714. The maximum atomic E-state index is 11.0. The van der Waals surface area contributed by atoms with E-state index < -0.39 is 10.9 Å². The maximum Gasteiger partial charge on any atom is 0.313 e. The van der Waals surface area contributed by atoms with Gasteiger partial charge in [0.1, 0.15) is 5.75 Å². The third-order valence-corrected chi connectivity index (χ3v) is 3.05. The lowest BCUT2D eigenvalue weighted by molar-refractivity contribution is -0.385. The van der Waals surface area contributed by atoms with Gasteiger partial charge in [-0.15, -0.1) is 0 Å². The molecule has 0 aliphatic carbocycles. The lowest BCUT2D eigenvalue weighted by Gasteiger charge is -2.09. The van der Waals surface area contributed by atoms with Crippen LogP contribution in [0.5, 0.6) is 11.5 Å². The van der Waals surface area contributed by atoms with Crippen molar-refractivity contribution in [2.24, 2.45) is 0 Å². The number of nitro benzene ring substituents is 1. The van der Waals surface area contributed by atoms with Gasteiger partial charge in [0.2, 0.25) is 5.75 Å². The van der Waals surface area contributed by atoms with Crippen LogP contribution >= 0.6 is 11.6 Å². The first-order valence-corrected chi connectivity index (χ1v) is 6.46. The van der Waals surface area contributed by atoms with Crippen molar-refractivity contribution >= 4 is 28.9 Å². The molecule has 0 spiro atoms. The van der Waals surface area contributed by atoms with Crippen LogP contribution in [0.1, 0.15) is 5.56 Å². The molecule has 0 aliphatic heterocycles. The van der Waals surface area contributed by atoms with Crippen LogP contribution in [-0.4, -0.2) is 16.0 Å². The number of benzene rings is 2. The van der Waals surface area contributed by atoms with Crippen molar-refractivity contribution in [2.75, 3.05) is 5.73 Å². The number of nitrogen functional groups attached to an aromatic ring is 1. The van der Waals surface area contributed by atoms with Crippen LogP contribution in [0.2, 0.25) is 5.02 Å². The zero-order valence-electron chi connectivity index (χ0n) is 11.2. The number of anilines is 1. The first-order chi connectivity index (χ1) is 10.4. The number of nitrogens with two attached hydrogens (primary N) is 1. The average molecular weight is 323 g/mol. The molecule has 3 N–H and O–H groups in total.